The van der Waals surface area contributed by atoms with Gasteiger partial charge in [0.1, 0.15) is 0 Å². The number of hydrogen-bond acceptors (Lipinski definition) is 2. The molecule has 0 saturated heterocycles. The lowest BCUT2D eigenvalue weighted by molar-refractivity contribution is 1.36. The molecular weight excluding hydrogens is 172 g/mol. The molecule has 66 valence electrons. The van der Waals surface area contributed by atoms with Crippen molar-refractivity contribution in [2.24, 2.45) is 0 Å². The molecule has 0 amide bonds. The van der Waals surface area contributed by atoms with Crippen LogP contribution in [0.5, 0.6) is 0 Å². The Balaban J connectivity index is 2.77. The first kappa shape index (κ1) is 3.02. The van der Waals surface area contributed by atoms with Crippen molar-refractivity contribution in [3.05, 3.63) is 48.7 Å². The van der Waals surface area contributed by atoms with Crippen LogP contribution in [0.2, 0.25) is 0 Å². The molecule has 14 heavy (non-hydrogen) atoms. The van der Waals surface area contributed by atoms with Crippen molar-refractivity contribution in [3.8, 4) is 0 Å². The number of benzene rings is 1. The summed E-state index contributed by atoms with van der Waals surface area (Å²) in [6, 6.07) is -2.11. The van der Waals surface area contributed by atoms with Crippen LogP contribution in [-0.2, 0) is 0 Å². The van der Waals surface area contributed by atoms with Crippen LogP contribution in [0, 0.1) is 0 Å². The molecule has 2 nitrogen and oxygen atoms in total. The highest BCUT2D eigenvalue weighted by Crippen LogP contribution is 2.21. The Morgan fingerprint density at radius 1 is 1.00 bits per heavy atom. The Morgan fingerprint density at radius 2 is 1.93 bits per heavy atom. The van der Waals surface area contributed by atoms with Crippen molar-refractivity contribution in [1.82, 2.24) is 9.97 Å². The summed E-state index contributed by atoms with van der Waals surface area (Å²) in [5.74, 6) is 0. The number of pyridine rings is 2. The van der Waals surface area contributed by atoms with Gasteiger partial charge in [0.25, 0.3) is 0 Å². The quantitative estimate of drug-likeness (QED) is 0.507. The summed E-state index contributed by atoms with van der Waals surface area (Å²) in [6.07, 6.45) is -1.38. The lowest BCUT2D eigenvalue weighted by Crippen LogP contribution is -1.81. The van der Waals surface area contributed by atoms with Crippen LogP contribution >= 0.6 is 0 Å². The average Bonchev–Trinajstić information content (AvgIpc) is 2.45. The number of fused-ring (bicyclic) bond motifs is 3. The van der Waals surface area contributed by atoms with E-state index in [1.54, 1.807) is 0 Å². The largest absolute Gasteiger partial charge is 0.264 e. The minimum Gasteiger partial charge on any atom is -0.264 e. The van der Waals surface area contributed by atoms with E-state index in [1.807, 2.05) is 0 Å². The molecule has 0 N–H and O–H groups in total. The van der Waals surface area contributed by atoms with Gasteiger partial charge in [0.05, 0.1) is 16.5 Å². The predicted molar refractivity (Wildman–Crippen MR) is 57.0 cm³/mol. The molecule has 2 aromatic heterocycles. The molecule has 0 bridgehead atoms. The van der Waals surface area contributed by atoms with Crippen molar-refractivity contribution in [3.63, 3.8) is 0 Å². The van der Waals surface area contributed by atoms with Crippen molar-refractivity contribution >= 4 is 21.7 Å². The second-order valence-corrected chi connectivity index (χ2v) is 2.66. The van der Waals surface area contributed by atoms with E-state index in [9.17, 15) is 0 Å². The summed E-state index contributed by atoms with van der Waals surface area (Å²) in [6.45, 7) is 0. The van der Waals surface area contributed by atoms with Crippen molar-refractivity contribution in [2.75, 3.05) is 0 Å². The van der Waals surface area contributed by atoms with Gasteiger partial charge in [-0.1, -0.05) is 18.1 Å². The van der Waals surface area contributed by atoms with Crippen molar-refractivity contribution in [1.29, 1.82) is 0 Å². The smallest absolute Gasteiger partial charge is 0.0847 e. The molecule has 0 radical (unpaired) electrons. The van der Waals surface area contributed by atoms with E-state index in [4.69, 9.17) is 11.0 Å². The molecule has 0 fully saturated rings. The van der Waals surface area contributed by atoms with E-state index in [1.165, 1.54) is 0 Å². The maximum Gasteiger partial charge on any atom is 0.0847 e. The molecule has 3 aromatic rings. The summed E-state index contributed by atoms with van der Waals surface area (Å²) in [5.41, 5.74) is -0.0759. The van der Waals surface area contributed by atoms with Gasteiger partial charge in [-0.05, 0) is 17.5 Å². The van der Waals surface area contributed by atoms with Gasteiger partial charge in [-0.3, -0.25) is 9.97 Å². The van der Waals surface area contributed by atoms with Gasteiger partial charge < -0.3 is 0 Å². The van der Waals surface area contributed by atoms with Crippen LogP contribution in [0.1, 0.15) is 11.0 Å². The molecule has 0 unspecified atom stereocenters. The summed E-state index contributed by atoms with van der Waals surface area (Å²) in [7, 11) is 0. The van der Waals surface area contributed by atoms with Gasteiger partial charge >= 0.3 is 0 Å². The van der Waals surface area contributed by atoms with Crippen LogP contribution in [0.25, 0.3) is 21.7 Å². The fraction of sp³-hybridized carbons (Fsp3) is 0. The Labute approximate surface area is 92.5 Å². The first-order valence-electron chi connectivity index (χ1n) is 7.89. The van der Waals surface area contributed by atoms with Gasteiger partial charge in [-0.2, -0.15) is 0 Å². The second-order valence-electron chi connectivity index (χ2n) is 2.66. The van der Waals surface area contributed by atoms with E-state index in [0.29, 0.717) is 0 Å². The van der Waals surface area contributed by atoms with Gasteiger partial charge in [0.2, 0.25) is 0 Å². The Kier molecular flexibility index (Phi) is 0.598. The van der Waals surface area contributed by atoms with E-state index in [2.05, 4.69) is 9.97 Å². The van der Waals surface area contributed by atoms with Crippen molar-refractivity contribution in [2.45, 2.75) is 0 Å². The van der Waals surface area contributed by atoms with Crippen LogP contribution in [0.4, 0.5) is 0 Å². The van der Waals surface area contributed by atoms with Crippen LogP contribution in [0.15, 0.2) is 48.7 Å². The normalized spacial score (nSPS) is 18.9. The number of nitrogens with zero attached hydrogens (tertiary/aromatic N) is 2. The third-order valence-corrected chi connectivity index (χ3v) is 1.85. The molecule has 0 atom stereocenters. The third-order valence-electron chi connectivity index (χ3n) is 1.85. The monoisotopic (exact) mass is 188 g/mol. The first-order valence-corrected chi connectivity index (χ1v) is 3.89. The summed E-state index contributed by atoms with van der Waals surface area (Å²) in [4.78, 5) is 7.44. The second kappa shape index (κ2) is 2.77. The molecule has 1 aromatic carbocycles. The molecule has 0 aliphatic carbocycles. The number of rotatable bonds is 0. The fourth-order valence-corrected chi connectivity index (χ4v) is 1.24. The lowest BCUT2D eigenvalue weighted by atomic mass is 10.1. The molecule has 3 rings (SSSR count). The van der Waals surface area contributed by atoms with Gasteiger partial charge in [0, 0.05) is 29.3 Å². The Hall–Kier alpha value is -1.96. The van der Waals surface area contributed by atoms with Crippen LogP contribution in [-0.4, -0.2) is 9.97 Å². The number of aromatic nitrogens is 2. The fourth-order valence-electron chi connectivity index (χ4n) is 1.24. The highest BCUT2D eigenvalue weighted by Gasteiger charge is 1.99. The number of hydrogen-bond donors (Lipinski definition) is 0. The SMILES string of the molecule is [2H]c1nc2c(c([2H])c1[2H])c([2H])c([2H])c1c([2H])c([2H])nc([2H])c12. The predicted octanol–water partition coefficient (Wildman–Crippen LogP) is 2.78. The van der Waals surface area contributed by atoms with E-state index >= 15 is 0 Å². The molecule has 0 aliphatic rings. The van der Waals surface area contributed by atoms with Crippen molar-refractivity contribution < 1.29 is 11.0 Å². The summed E-state index contributed by atoms with van der Waals surface area (Å²) in [5, 5.41) is -0.281. The summed E-state index contributed by atoms with van der Waals surface area (Å²) < 4.78 is 62.4. The highest BCUT2D eigenvalue weighted by atomic mass is 14.7. The molecule has 2 heteroatoms. The maximum absolute atomic E-state index is 8.00. The zero-order chi connectivity index (χ0) is 16.3. The Morgan fingerprint density at radius 3 is 2.93 bits per heavy atom. The third kappa shape index (κ3) is 0.973. The highest BCUT2D eigenvalue weighted by molar-refractivity contribution is 6.04. The average molecular weight is 188 g/mol. The Bertz CT molecular complexity index is 969. The van der Waals surface area contributed by atoms with Gasteiger partial charge in [-0.15, -0.1) is 0 Å². The minimum absolute atomic E-state index is 0.0426. The van der Waals surface area contributed by atoms with Crippen LogP contribution in [0.3, 0.4) is 0 Å². The first-order chi connectivity index (χ1) is 10.3. The van der Waals surface area contributed by atoms with E-state index in [0.717, 1.165) is 0 Å². The zero-order valence-electron chi connectivity index (χ0n) is 14.9. The molecular formula is C12H8N2. The topological polar surface area (TPSA) is 25.8 Å². The lowest BCUT2D eigenvalue weighted by Gasteiger charge is -2.00. The van der Waals surface area contributed by atoms with E-state index in [-0.39, 0.29) is 21.7 Å². The molecule has 2 heterocycles. The zero-order valence-corrected chi connectivity index (χ0v) is 6.89. The standard InChI is InChI=1S/C12H8N2/c1-2-10-4-3-9-5-7-13-8-11(9)12(10)14-6-1/h1-8H/i1D,2D,3D,4D,5D,6D,7D,8D. The van der Waals surface area contributed by atoms with Gasteiger partial charge in [0.15, 0.2) is 0 Å². The maximum atomic E-state index is 8.00. The van der Waals surface area contributed by atoms with Crippen LogP contribution < -0.4 is 0 Å². The molecule has 0 saturated carbocycles. The molecule has 0 spiro atoms. The minimum atomic E-state index is -0.489. The van der Waals surface area contributed by atoms with E-state index < -0.39 is 48.7 Å². The van der Waals surface area contributed by atoms with Gasteiger partial charge in [-0.25, -0.2) is 0 Å². The molecule has 0 aliphatic heterocycles. The summed E-state index contributed by atoms with van der Waals surface area (Å²) >= 11 is 0.